The number of hydrogen-bond donors (Lipinski definition) is 2. The number of rotatable bonds is 12. The summed E-state index contributed by atoms with van der Waals surface area (Å²) >= 11 is 6.79. The number of benzene rings is 2. The Morgan fingerprint density at radius 2 is 1.85 bits per heavy atom. The number of likely N-dealkylation sites (tertiary alicyclic amines) is 1. The van der Waals surface area contributed by atoms with Gasteiger partial charge in [-0.2, -0.15) is 20.0 Å². The Bertz CT molecular complexity index is 1810. The summed E-state index contributed by atoms with van der Waals surface area (Å²) < 4.78 is 6.83. The molecule has 4 aromatic rings. The van der Waals surface area contributed by atoms with Crippen LogP contribution in [0.25, 0.3) is 5.65 Å². The average Bonchev–Trinajstić information content (AvgIpc) is 3.83. The second-order valence-electron chi connectivity index (χ2n) is 13.1. The highest BCUT2D eigenvalue weighted by atomic mass is 35.5. The van der Waals surface area contributed by atoms with Gasteiger partial charge in [0, 0.05) is 12.6 Å². The number of nitrogens with zero attached hydrogens (tertiary/aromatic N) is 8. The zero-order valence-electron chi connectivity index (χ0n) is 27.1. The van der Waals surface area contributed by atoms with Crippen molar-refractivity contribution in [3.8, 4) is 17.9 Å². The minimum atomic E-state index is -0.636. The molecule has 2 fully saturated rings. The lowest BCUT2D eigenvalue weighted by Crippen LogP contribution is -2.42. The normalized spacial score (nSPS) is 15.7. The van der Waals surface area contributed by atoms with Crippen LogP contribution in [0.1, 0.15) is 68.3 Å². The Balaban J connectivity index is 1.21. The van der Waals surface area contributed by atoms with Gasteiger partial charge < -0.3 is 25.0 Å². The maximum atomic E-state index is 10.3. The molecular weight excluding hydrogens is 614 g/mol. The van der Waals surface area contributed by atoms with E-state index in [0.717, 1.165) is 75.0 Å². The molecule has 3 heterocycles. The number of nitriles is 2. The molecule has 2 aliphatic rings. The monoisotopic (exact) mass is 653 g/mol. The first-order chi connectivity index (χ1) is 22.7. The molecule has 244 valence electrons. The van der Waals surface area contributed by atoms with Crippen LogP contribution < -0.4 is 15.0 Å². The Kier molecular flexibility index (Phi) is 9.51. The van der Waals surface area contributed by atoms with Crippen LogP contribution in [-0.2, 0) is 13.0 Å². The quantitative estimate of drug-likeness (QED) is 0.191. The molecule has 1 aliphatic heterocycles. The van der Waals surface area contributed by atoms with E-state index >= 15 is 0 Å². The van der Waals surface area contributed by atoms with E-state index in [2.05, 4.69) is 37.3 Å². The third-order valence-corrected chi connectivity index (χ3v) is 9.61. The van der Waals surface area contributed by atoms with Crippen molar-refractivity contribution < 1.29 is 9.84 Å². The number of imidazole rings is 1. The topological polar surface area (TPSA) is 139 Å². The molecular formula is C35H40ClN9O2. The number of ether oxygens (including phenoxy) is 1. The number of methoxy groups -OCH3 is 1. The highest BCUT2D eigenvalue weighted by Crippen LogP contribution is 2.36. The van der Waals surface area contributed by atoms with Crippen molar-refractivity contribution in [1.82, 2.24) is 24.5 Å². The molecule has 0 unspecified atom stereocenters. The standard InChI is InChI=1S/C35H40ClN9O2/c1-35(2,46)26-12-15-43(16-13-26)14-4-5-24-17-30(36)31(18-25(24)19-37)40-34-41-33(32-39-21-28(20-38)45(32)42-34)44(27-8-9-27)22-23-6-10-29(47-3)11-7-23/h6-7,10-11,17-18,21,26-27,46H,4-5,8-9,12-16,22H2,1-3H3,(H,40,42). The number of nitrogens with one attached hydrogen (secondary N) is 1. The van der Waals surface area contributed by atoms with Gasteiger partial charge in [-0.05, 0) is 113 Å². The Labute approximate surface area is 280 Å². The number of fused-ring (bicyclic) bond motifs is 1. The second kappa shape index (κ2) is 13.7. The molecule has 6 rings (SSSR count). The summed E-state index contributed by atoms with van der Waals surface area (Å²) in [5.41, 5.74) is 3.19. The lowest BCUT2D eigenvalue weighted by Gasteiger charge is -2.37. The third-order valence-electron chi connectivity index (χ3n) is 9.30. The molecule has 1 saturated carbocycles. The molecule has 1 aliphatic carbocycles. The highest BCUT2D eigenvalue weighted by Gasteiger charge is 2.33. The van der Waals surface area contributed by atoms with Crippen molar-refractivity contribution in [1.29, 1.82) is 10.5 Å². The van der Waals surface area contributed by atoms with Gasteiger partial charge in [0.05, 0.1) is 41.3 Å². The predicted molar refractivity (Wildman–Crippen MR) is 181 cm³/mol. The average molecular weight is 654 g/mol. The van der Waals surface area contributed by atoms with E-state index in [1.807, 2.05) is 44.2 Å². The first-order valence-corrected chi connectivity index (χ1v) is 16.5. The molecule has 0 bridgehead atoms. The van der Waals surface area contributed by atoms with Crippen LogP contribution in [0.2, 0.25) is 5.02 Å². The summed E-state index contributed by atoms with van der Waals surface area (Å²) in [6.45, 7) is 7.27. The van der Waals surface area contributed by atoms with E-state index in [1.165, 1.54) is 10.7 Å². The molecule has 12 heteroatoms. The van der Waals surface area contributed by atoms with Gasteiger partial charge >= 0.3 is 0 Å². The molecule has 0 radical (unpaired) electrons. The summed E-state index contributed by atoms with van der Waals surface area (Å²) in [6, 6.07) is 16.3. The number of aromatic nitrogens is 4. The molecule has 2 aromatic carbocycles. The van der Waals surface area contributed by atoms with Crippen molar-refractivity contribution in [2.24, 2.45) is 5.92 Å². The number of piperidine rings is 1. The van der Waals surface area contributed by atoms with Crippen LogP contribution in [0.3, 0.4) is 0 Å². The molecule has 1 saturated heterocycles. The minimum absolute atomic E-state index is 0.246. The van der Waals surface area contributed by atoms with Gasteiger partial charge in [0.2, 0.25) is 5.95 Å². The molecule has 2 aromatic heterocycles. The summed E-state index contributed by atoms with van der Waals surface area (Å²) in [5.74, 6) is 1.98. The fourth-order valence-electron chi connectivity index (χ4n) is 6.38. The fraction of sp³-hybridized carbons (Fsp3) is 0.457. The van der Waals surface area contributed by atoms with Gasteiger partial charge in [0.1, 0.15) is 11.8 Å². The zero-order chi connectivity index (χ0) is 33.1. The van der Waals surface area contributed by atoms with Crippen LogP contribution in [0.4, 0.5) is 17.5 Å². The van der Waals surface area contributed by atoms with Gasteiger partial charge in [-0.3, -0.25) is 0 Å². The van der Waals surface area contributed by atoms with Crippen LogP contribution >= 0.6 is 11.6 Å². The molecule has 0 amide bonds. The minimum Gasteiger partial charge on any atom is -0.497 e. The number of anilines is 3. The molecule has 2 N–H and O–H groups in total. The maximum Gasteiger partial charge on any atom is 0.247 e. The zero-order valence-corrected chi connectivity index (χ0v) is 27.8. The third kappa shape index (κ3) is 7.44. The molecule has 0 atom stereocenters. The molecule has 11 nitrogen and oxygen atoms in total. The van der Waals surface area contributed by atoms with Gasteiger partial charge in [-0.25, -0.2) is 4.98 Å². The SMILES string of the molecule is COc1ccc(CN(c2nc(Nc3cc(C#N)c(CCCN4CCC(C(C)(C)O)CC4)cc3Cl)nn3c(C#N)cnc23)C2CC2)cc1. The Morgan fingerprint density at radius 1 is 1.11 bits per heavy atom. The van der Waals surface area contributed by atoms with Gasteiger partial charge in [0.25, 0.3) is 0 Å². The largest absolute Gasteiger partial charge is 0.497 e. The van der Waals surface area contributed by atoms with Crippen molar-refractivity contribution in [2.75, 3.05) is 37.0 Å². The van der Waals surface area contributed by atoms with Crippen molar-refractivity contribution >= 4 is 34.7 Å². The number of halogens is 1. The van der Waals surface area contributed by atoms with Crippen molar-refractivity contribution in [3.05, 3.63) is 70.0 Å². The van der Waals surface area contributed by atoms with Gasteiger partial charge in [-0.1, -0.05) is 23.7 Å². The Morgan fingerprint density at radius 3 is 2.49 bits per heavy atom. The highest BCUT2D eigenvalue weighted by molar-refractivity contribution is 6.33. The van der Waals surface area contributed by atoms with E-state index in [9.17, 15) is 15.6 Å². The maximum absolute atomic E-state index is 10.3. The van der Waals surface area contributed by atoms with Crippen LogP contribution in [-0.4, -0.2) is 68.0 Å². The first kappa shape index (κ1) is 32.5. The summed E-state index contributed by atoms with van der Waals surface area (Å²) in [4.78, 5) is 14.1. The number of hydrogen-bond acceptors (Lipinski definition) is 10. The van der Waals surface area contributed by atoms with E-state index < -0.39 is 5.60 Å². The van der Waals surface area contributed by atoms with Crippen LogP contribution in [0, 0.1) is 28.6 Å². The lowest BCUT2D eigenvalue weighted by molar-refractivity contribution is -0.0126. The molecule has 47 heavy (non-hydrogen) atoms. The van der Waals surface area contributed by atoms with E-state index in [4.69, 9.17) is 21.3 Å². The van der Waals surface area contributed by atoms with Crippen molar-refractivity contribution in [3.63, 3.8) is 0 Å². The number of aliphatic hydroxyl groups is 1. The van der Waals surface area contributed by atoms with Crippen LogP contribution in [0.5, 0.6) is 5.75 Å². The molecule has 0 spiro atoms. The lowest BCUT2D eigenvalue weighted by atomic mass is 9.83. The van der Waals surface area contributed by atoms with E-state index in [-0.39, 0.29) is 17.7 Å². The predicted octanol–water partition coefficient (Wildman–Crippen LogP) is 5.86. The summed E-state index contributed by atoms with van der Waals surface area (Å²) in [5, 5.41) is 38.5. The smallest absolute Gasteiger partial charge is 0.247 e. The van der Waals surface area contributed by atoms with Crippen LogP contribution in [0.15, 0.2) is 42.6 Å². The van der Waals surface area contributed by atoms with Crippen molar-refractivity contribution in [2.45, 2.75) is 70.6 Å². The van der Waals surface area contributed by atoms with Gasteiger partial charge in [-0.15, -0.1) is 5.10 Å². The second-order valence-corrected chi connectivity index (χ2v) is 13.5. The fourth-order valence-corrected chi connectivity index (χ4v) is 6.61. The summed E-state index contributed by atoms with van der Waals surface area (Å²) in [7, 11) is 1.65. The van der Waals surface area contributed by atoms with E-state index in [1.54, 1.807) is 13.2 Å². The summed E-state index contributed by atoms with van der Waals surface area (Å²) in [6.07, 6.45) is 7.16. The van der Waals surface area contributed by atoms with Gasteiger partial charge in [0.15, 0.2) is 17.2 Å². The number of aryl methyl sites for hydroxylation is 1. The van der Waals surface area contributed by atoms with E-state index in [0.29, 0.717) is 40.2 Å². The Hall–Kier alpha value is -4.42. The first-order valence-electron chi connectivity index (χ1n) is 16.2.